The van der Waals surface area contributed by atoms with Gasteiger partial charge in [0, 0.05) is 18.2 Å². The van der Waals surface area contributed by atoms with Crippen LogP contribution >= 0.6 is 0 Å². The number of hydrogen-bond donors (Lipinski definition) is 0. The maximum atomic E-state index is 12.4. The Kier molecular flexibility index (Phi) is 4.95. The zero-order valence-electron chi connectivity index (χ0n) is 13.1. The van der Waals surface area contributed by atoms with Crippen LogP contribution in [-0.4, -0.2) is 55.4 Å². The van der Waals surface area contributed by atoms with Crippen molar-refractivity contribution in [2.24, 2.45) is 0 Å². The van der Waals surface area contributed by atoms with Crippen molar-refractivity contribution in [3.8, 4) is 0 Å². The summed E-state index contributed by atoms with van der Waals surface area (Å²) in [5, 5.41) is 0. The van der Waals surface area contributed by atoms with Crippen molar-refractivity contribution >= 4 is 5.78 Å². The zero-order valence-corrected chi connectivity index (χ0v) is 13.1. The summed E-state index contributed by atoms with van der Waals surface area (Å²) >= 11 is 0. The van der Waals surface area contributed by atoms with Crippen LogP contribution in [-0.2, 0) is 0 Å². The van der Waals surface area contributed by atoms with Gasteiger partial charge in [0.05, 0.1) is 6.54 Å². The summed E-state index contributed by atoms with van der Waals surface area (Å²) in [5.74, 6) is 0.243. The van der Waals surface area contributed by atoms with E-state index in [0.29, 0.717) is 12.6 Å². The number of likely N-dealkylation sites (tertiary alicyclic amines) is 1. The van der Waals surface area contributed by atoms with E-state index in [1.807, 2.05) is 18.2 Å². The lowest BCUT2D eigenvalue weighted by atomic mass is 10.0. The second-order valence-corrected chi connectivity index (χ2v) is 6.22. The molecule has 0 aliphatic carbocycles. The molecule has 3 nitrogen and oxygen atoms in total. The smallest absolute Gasteiger partial charge is 0.176 e. The maximum Gasteiger partial charge on any atom is 0.176 e. The number of likely N-dealkylation sites (N-methyl/N-ethyl adjacent to an activating group) is 1. The molecule has 0 N–H and O–H groups in total. The highest BCUT2D eigenvalue weighted by molar-refractivity contribution is 5.97. The zero-order chi connectivity index (χ0) is 14.7. The molecule has 1 heterocycles. The van der Waals surface area contributed by atoms with Crippen LogP contribution in [0.1, 0.15) is 34.3 Å². The van der Waals surface area contributed by atoms with Crippen LogP contribution < -0.4 is 0 Å². The first kappa shape index (κ1) is 15.2. The number of Topliss-reactive ketones (excluding diaryl/α,β-unsaturated/α-hetero) is 1. The van der Waals surface area contributed by atoms with Crippen molar-refractivity contribution in [3.63, 3.8) is 0 Å². The lowest BCUT2D eigenvalue weighted by Gasteiger charge is -2.35. The van der Waals surface area contributed by atoms with E-state index < -0.39 is 0 Å². The lowest BCUT2D eigenvalue weighted by molar-refractivity contribution is 0.0852. The molecule has 1 unspecified atom stereocenters. The summed E-state index contributed by atoms with van der Waals surface area (Å²) in [4.78, 5) is 17.0. The number of carbonyl (C=O) groups excluding carboxylic acids is 1. The van der Waals surface area contributed by atoms with Gasteiger partial charge in [-0.1, -0.05) is 12.1 Å². The second-order valence-electron chi connectivity index (χ2n) is 6.22. The van der Waals surface area contributed by atoms with E-state index in [2.05, 4.69) is 37.7 Å². The number of benzene rings is 1. The maximum absolute atomic E-state index is 12.4. The standard InChI is InChI=1S/C17H26N2O/c1-13-7-8-15(10-14(13)2)17(20)12-19-9-5-6-16(11-19)18(3)4/h7-8,10,16H,5-6,9,11-12H2,1-4H3. The second kappa shape index (κ2) is 6.51. The fourth-order valence-corrected chi connectivity index (χ4v) is 2.81. The molecule has 0 aromatic heterocycles. The van der Waals surface area contributed by atoms with Gasteiger partial charge in [0.15, 0.2) is 5.78 Å². The van der Waals surface area contributed by atoms with Gasteiger partial charge in [0.25, 0.3) is 0 Å². The number of aryl methyl sites for hydroxylation is 2. The first-order valence-electron chi connectivity index (χ1n) is 7.46. The summed E-state index contributed by atoms with van der Waals surface area (Å²) < 4.78 is 0. The lowest BCUT2D eigenvalue weighted by Crippen LogP contribution is -2.46. The van der Waals surface area contributed by atoms with Crippen molar-refractivity contribution in [1.29, 1.82) is 0 Å². The third-order valence-electron chi connectivity index (χ3n) is 4.41. The molecule has 1 aliphatic heterocycles. The van der Waals surface area contributed by atoms with Gasteiger partial charge in [-0.05, 0) is 64.5 Å². The molecule has 1 fully saturated rings. The van der Waals surface area contributed by atoms with Crippen LogP contribution in [0.15, 0.2) is 18.2 Å². The van der Waals surface area contributed by atoms with E-state index in [1.54, 1.807) is 0 Å². The Morgan fingerprint density at radius 2 is 2.05 bits per heavy atom. The molecule has 1 aromatic rings. The topological polar surface area (TPSA) is 23.6 Å². The van der Waals surface area contributed by atoms with Crippen LogP contribution in [0.3, 0.4) is 0 Å². The van der Waals surface area contributed by atoms with Gasteiger partial charge < -0.3 is 4.90 Å². The Balaban J connectivity index is 1.98. The SMILES string of the molecule is Cc1ccc(C(=O)CN2CCCC(N(C)C)C2)cc1C. The summed E-state index contributed by atoms with van der Waals surface area (Å²) in [5.41, 5.74) is 3.29. The van der Waals surface area contributed by atoms with Crippen molar-refractivity contribution in [2.75, 3.05) is 33.7 Å². The molecule has 1 saturated heterocycles. The Hall–Kier alpha value is -1.19. The molecule has 1 aromatic carbocycles. The molecule has 1 aliphatic rings. The van der Waals surface area contributed by atoms with Crippen LogP contribution in [0.5, 0.6) is 0 Å². The van der Waals surface area contributed by atoms with Gasteiger partial charge in [0.2, 0.25) is 0 Å². The first-order valence-corrected chi connectivity index (χ1v) is 7.46. The number of nitrogens with zero attached hydrogens (tertiary/aromatic N) is 2. The highest BCUT2D eigenvalue weighted by Crippen LogP contribution is 2.15. The largest absolute Gasteiger partial charge is 0.305 e. The summed E-state index contributed by atoms with van der Waals surface area (Å²) in [6.45, 7) is 6.74. The monoisotopic (exact) mass is 274 g/mol. The highest BCUT2D eigenvalue weighted by Gasteiger charge is 2.23. The van der Waals surface area contributed by atoms with E-state index in [-0.39, 0.29) is 5.78 Å². The average molecular weight is 274 g/mol. The number of hydrogen-bond acceptors (Lipinski definition) is 3. The van der Waals surface area contributed by atoms with Gasteiger partial charge in [-0.15, -0.1) is 0 Å². The molecule has 20 heavy (non-hydrogen) atoms. The van der Waals surface area contributed by atoms with Crippen molar-refractivity contribution in [1.82, 2.24) is 9.80 Å². The molecule has 0 bridgehead atoms. The number of ketones is 1. The summed E-state index contributed by atoms with van der Waals surface area (Å²) in [6.07, 6.45) is 2.42. The Labute approximate surface area is 122 Å². The minimum absolute atomic E-state index is 0.243. The quantitative estimate of drug-likeness (QED) is 0.788. The molecular weight excluding hydrogens is 248 g/mol. The van der Waals surface area contributed by atoms with Crippen LogP contribution in [0.4, 0.5) is 0 Å². The predicted octanol–water partition coefficient (Wildman–Crippen LogP) is 2.51. The van der Waals surface area contributed by atoms with Gasteiger partial charge >= 0.3 is 0 Å². The van der Waals surface area contributed by atoms with Crippen LogP contribution in [0, 0.1) is 13.8 Å². The van der Waals surface area contributed by atoms with Crippen molar-refractivity contribution in [3.05, 3.63) is 34.9 Å². The molecule has 1 atom stereocenters. The summed E-state index contributed by atoms with van der Waals surface area (Å²) in [7, 11) is 4.25. The normalized spacial score (nSPS) is 20.4. The molecular formula is C17H26N2O. The average Bonchev–Trinajstić information content (AvgIpc) is 2.42. The highest BCUT2D eigenvalue weighted by atomic mass is 16.1. The predicted molar refractivity (Wildman–Crippen MR) is 83.4 cm³/mol. The molecule has 2 rings (SSSR count). The minimum Gasteiger partial charge on any atom is -0.305 e. The fraction of sp³-hybridized carbons (Fsp3) is 0.588. The Morgan fingerprint density at radius 3 is 2.70 bits per heavy atom. The fourth-order valence-electron chi connectivity index (χ4n) is 2.81. The first-order chi connectivity index (χ1) is 9.47. The van der Waals surface area contributed by atoms with E-state index in [9.17, 15) is 4.79 Å². The van der Waals surface area contributed by atoms with Gasteiger partial charge in [-0.3, -0.25) is 9.69 Å². The molecule has 0 saturated carbocycles. The van der Waals surface area contributed by atoms with E-state index in [4.69, 9.17) is 0 Å². The Bertz CT molecular complexity index is 482. The van der Waals surface area contributed by atoms with Gasteiger partial charge in [-0.2, -0.15) is 0 Å². The molecule has 0 radical (unpaired) electrons. The molecule has 0 spiro atoms. The molecule has 3 heteroatoms. The molecule has 110 valence electrons. The van der Waals surface area contributed by atoms with E-state index in [0.717, 1.165) is 18.7 Å². The van der Waals surface area contributed by atoms with Gasteiger partial charge in [-0.25, -0.2) is 0 Å². The summed E-state index contributed by atoms with van der Waals surface area (Å²) in [6, 6.07) is 6.60. The minimum atomic E-state index is 0.243. The van der Waals surface area contributed by atoms with E-state index >= 15 is 0 Å². The van der Waals surface area contributed by atoms with Crippen molar-refractivity contribution in [2.45, 2.75) is 32.7 Å². The van der Waals surface area contributed by atoms with Crippen molar-refractivity contribution < 1.29 is 4.79 Å². The van der Waals surface area contributed by atoms with Gasteiger partial charge in [0.1, 0.15) is 0 Å². The number of piperidine rings is 1. The number of carbonyl (C=O) groups is 1. The third kappa shape index (κ3) is 3.68. The Morgan fingerprint density at radius 1 is 1.30 bits per heavy atom. The third-order valence-corrected chi connectivity index (χ3v) is 4.41. The van der Waals surface area contributed by atoms with E-state index in [1.165, 1.54) is 24.0 Å². The molecule has 0 amide bonds. The van der Waals surface area contributed by atoms with Crippen LogP contribution in [0.2, 0.25) is 0 Å². The number of rotatable bonds is 4. The van der Waals surface area contributed by atoms with Crippen LogP contribution in [0.25, 0.3) is 0 Å².